The molecule has 2 unspecified atom stereocenters. The molecule has 1 aromatic heterocycles. The van der Waals surface area contributed by atoms with Gasteiger partial charge in [-0.25, -0.2) is 0 Å². The minimum atomic E-state index is -0.223. The Labute approximate surface area is 113 Å². The van der Waals surface area contributed by atoms with E-state index in [-0.39, 0.29) is 24.6 Å². The molecule has 1 fully saturated rings. The molecule has 1 amide bonds. The number of hydrogen-bond acceptors (Lipinski definition) is 4. The molecule has 1 saturated heterocycles. The van der Waals surface area contributed by atoms with Gasteiger partial charge < -0.3 is 10.0 Å². The fraction of sp³-hybridized carbons (Fsp3) is 0.571. The molecule has 0 saturated carbocycles. The van der Waals surface area contributed by atoms with E-state index >= 15 is 0 Å². The van der Waals surface area contributed by atoms with E-state index in [0.29, 0.717) is 6.42 Å². The van der Waals surface area contributed by atoms with E-state index in [1.807, 2.05) is 26.1 Å². The molecule has 2 atom stereocenters. The average Bonchev–Trinajstić information content (AvgIpc) is 2.42. The second-order valence-corrected chi connectivity index (χ2v) is 5.11. The summed E-state index contributed by atoms with van der Waals surface area (Å²) in [6.45, 7) is 3.63. The molecular formula is C14H21N3O2. The third kappa shape index (κ3) is 3.11. The van der Waals surface area contributed by atoms with E-state index in [4.69, 9.17) is 5.11 Å². The molecule has 5 nitrogen and oxygen atoms in total. The van der Waals surface area contributed by atoms with Crippen LogP contribution in [0.15, 0.2) is 24.5 Å². The number of aliphatic hydroxyl groups excluding tert-OH is 1. The van der Waals surface area contributed by atoms with Crippen molar-refractivity contribution in [1.82, 2.24) is 14.8 Å². The fourth-order valence-electron chi connectivity index (χ4n) is 2.52. The normalized spacial score (nSPS) is 24.8. The van der Waals surface area contributed by atoms with Gasteiger partial charge in [0.05, 0.1) is 6.04 Å². The molecule has 1 aromatic rings. The number of amides is 1. The highest BCUT2D eigenvalue weighted by molar-refractivity contribution is 5.82. The van der Waals surface area contributed by atoms with E-state index in [9.17, 15) is 4.79 Å². The summed E-state index contributed by atoms with van der Waals surface area (Å²) in [5.41, 5.74) is 1.14. The number of aliphatic hydroxyl groups is 1. The summed E-state index contributed by atoms with van der Waals surface area (Å²) in [5.74, 6) is 0.0989. The first-order chi connectivity index (χ1) is 9.13. The summed E-state index contributed by atoms with van der Waals surface area (Å²) in [6.07, 6.45) is 4.01. The summed E-state index contributed by atoms with van der Waals surface area (Å²) in [5, 5.41) is 9.16. The molecule has 2 rings (SSSR count). The van der Waals surface area contributed by atoms with Crippen molar-refractivity contribution in [2.24, 2.45) is 0 Å². The second kappa shape index (κ2) is 6.12. The molecule has 0 spiro atoms. The van der Waals surface area contributed by atoms with Gasteiger partial charge in [0.1, 0.15) is 0 Å². The number of piperazine rings is 1. The van der Waals surface area contributed by atoms with E-state index in [2.05, 4.69) is 9.88 Å². The van der Waals surface area contributed by atoms with Gasteiger partial charge in [-0.2, -0.15) is 0 Å². The van der Waals surface area contributed by atoms with E-state index in [1.54, 1.807) is 17.3 Å². The van der Waals surface area contributed by atoms with Crippen LogP contribution in [0.25, 0.3) is 0 Å². The van der Waals surface area contributed by atoms with Crippen LogP contribution in [0.4, 0.5) is 0 Å². The zero-order valence-electron chi connectivity index (χ0n) is 11.5. The smallest absolute Gasteiger partial charge is 0.240 e. The monoisotopic (exact) mass is 263 g/mol. The Morgan fingerprint density at radius 1 is 1.42 bits per heavy atom. The predicted octanol–water partition coefficient (Wildman–Crippen LogP) is 0.495. The van der Waals surface area contributed by atoms with Crippen LogP contribution < -0.4 is 0 Å². The predicted molar refractivity (Wildman–Crippen MR) is 72.4 cm³/mol. The van der Waals surface area contributed by atoms with Crippen molar-refractivity contribution in [2.75, 3.05) is 20.2 Å². The molecule has 5 heteroatoms. The van der Waals surface area contributed by atoms with Gasteiger partial charge in [-0.05, 0) is 31.0 Å². The highest BCUT2D eigenvalue weighted by atomic mass is 16.3. The number of likely N-dealkylation sites (N-methyl/N-ethyl adjacent to an activating group) is 1. The molecule has 2 heterocycles. The average molecular weight is 263 g/mol. The topological polar surface area (TPSA) is 56.7 Å². The Bertz CT molecular complexity index is 424. The maximum absolute atomic E-state index is 12.3. The SMILES string of the molecule is CC1CN(Cc2ccncc2)C(CCO)C(=O)N1C. The zero-order valence-corrected chi connectivity index (χ0v) is 11.5. The third-order valence-electron chi connectivity index (χ3n) is 3.77. The van der Waals surface area contributed by atoms with Gasteiger partial charge in [0.15, 0.2) is 0 Å². The van der Waals surface area contributed by atoms with Gasteiger partial charge in [-0.3, -0.25) is 14.7 Å². The van der Waals surface area contributed by atoms with Gasteiger partial charge in [0, 0.05) is 45.2 Å². The van der Waals surface area contributed by atoms with Crippen molar-refractivity contribution >= 4 is 5.91 Å². The lowest BCUT2D eigenvalue weighted by atomic mass is 10.0. The Morgan fingerprint density at radius 2 is 2.11 bits per heavy atom. The van der Waals surface area contributed by atoms with Crippen LogP contribution in [0.5, 0.6) is 0 Å². The quantitative estimate of drug-likeness (QED) is 0.859. The Hall–Kier alpha value is -1.46. The molecule has 0 bridgehead atoms. The first-order valence-corrected chi connectivity index (χ1v) is 6.64. The lowest BCUT2D eigenvalue weighted by molar-refractivity contribution is -0.144. The lowest BCUT2D eigenvalue weighted by Crippen LogP contribution is -2.59. The van der Waals surface area contributed by atoms with Crippen molar-refractivity contribution in [1.29, 1.82) is 0 Å². The van der Waals surface area contributed by atoms with E-state index < -0.39 is 0 Å². The maximum atomic E-state index is 12.3. The van der Waals surface area contributed by atoms with Crippen molar-refractivity contribution in [2.45, 2.75) is 32.0 Å². The molecule has 0 aromatic carbocycles. The van der Waals surface area contributed by atoms with Gasteiger partial charge in [0.2, 0.25) is 5.91 Å². The highest BCUT2D eigenvalue weighted by Gasteiger charge is 2.35. The molecule has 19 heavy (non-hydrogen) atoms. The highest BCUT2D eigenvalue weighted by Crippen LogP contribution is 2.20. The number of aromatic nitrogens is 1. The zero-order chi connectivity index (χ0) is 13.8. The lowest BCUT2D eigenvalue weighted by Gasteiger charge is -2.43. The van der Waals surface area contributed by atoms with Crippen molar-refractivity contribution in [3.63, 3.8) is 0 Å². The minimum Gasteiger partial charge on any atom is -0.396 e. The van der Waals surface area contributed by atoms with Crippen LogP contribution in [-0.4, -0.2) is 58.1 Å². The molecule has 1 N–H and O–H groups in total. The summed E-state index contributed by atoms with van der Waals surface area (Å²) >= 11 is 0. The fourth-order valence-corrected chi connectivity index (χ4v) is 2.52. The van der Waals surface area contributed by atoms with Gasteiger partial charge in [-0.1, -0.05) is 0 Å². The molecular weight excluding hydrogens is 242 g/mol. The Kier molecular flexibility index (Phi) is 4.50. The largest absolute Gasteiger partial charge is 0.396 e. The van der Waals surface area contributed by atoms with Crippen molar-refractivity contribution in [3.05, 3.63) is 30.1 Å². The van der Waals surface area contributed by atoms with E-state index in [0.717, 1.165) is 18.7 Å². The van der Waals surface area contributed by atoms with Crippen LogP contribution in [0.2, 0.25) is 0 Å². The van der Waals surface area contributed by atoms with Crippen LogP contribution in [0, 0.1) is 0 Å². The number of carbonyl (C=O) groups is 1. The van der Waals surface area contributed by atoms with Gasteiger partial charge >= 0.3 is 0 Å². The summed E-state index contributed by atoms with van der Waals surface area (Å²) in [6, 6.07) is 3.90. The molecule has 1 aliphatic heterocycles. The number of nitrogens with zero attached hydrogens (tertiary/aromatic N) is 3. The maximum Gasteiger partial charge on any atom is 0.240 e. The molecule has 0 aliphatic carbocycles. The number of carbonyl (C=O) groups excluding carboxylic acids is 1. The van der Waals surface area contributed by atoms with Crippen LogP contribution in [0.3, 0.4) is 0 Å². The molecule has 104 valence electrons. The van der Waals surface area contributed by atoms with Gasteiger partial charge in [0.25, 0.3) is 0 Å². The van der Waals surface area contributed by atoms with Crippen LogP contribution >= 0.6 is 0 Å². The Morgan fingerprint density at radius 3 is 2.74 bits per heavy atom. The van der Waals surface area contributed by atoms with Gasteiger partial charge in [-0.15, -0.1) is 0 Å². The summed E-state index contributed by atoms with van der Waals surface area (Å²) in [4.78, 5) is 20.2. The van der Waals surface area contributed by atoms with Crippen LogP contribution in [-0.2, 0) is 11.3 Å². The minimum absolute atomic E-state index is 0.0332. The summed E-state index contributed by atoms with van der Waals surface area (Å²) < 4.78 is 0. The molecule has 0 radical (unpaired) electrons. The standard InChI is InChI=1S/C14H21N3O2/c1-11-9-17(10-12-3-6-15-7-4-12)13(5-8-18)14(19)16(11)2/h3-4,6-7,11,13,18H,5,8-10H2,1-2H3. The third-order valence-corrected chi connectivity index (χ3v) is 3.77. The number of pyridine rings is 1. The summed E-state index contributed by atoms with van der Waals surface area (Å²) in [7, 11) is 1.83. The van der Waals surface area contributed by atoms with E-state index in [1.165, 1.54) is 0 Å². The van der Waals surface area contributed by atoms with Crippen LogP contribution in [0.1, 0.15) is 18.9 Å². The number of hydrogen-bond donors (Lipinski definition) is 1. The van der Waals surface area contributed by atoms with Crippen molar-refractivity contribution in [3.8, 4) is 0 Å². The second-order valence-electron chi connectivity index (χ2n) is 5.11. The Balaban J connectivity index is 2.14. The first kappa shape index (κ1) is 14.0. The molecule has 1 aliphatic rings. The first-order valence-electron chi connectivity index (χ1n) is 6.64. The number of rotatable bonds is 4. The van der Waals surface area contributed by atoms with Crippen molar-refractivity contribution < 1.29 is 9.90 Å².